The highest BCUT2D eigenvalue weighted by Crippen LogP contribution is 2.25. The number of hydrogen-bond donors (Lipinski definition) is 2. The lowest BCUT2D eigenvalue weighted by Crippen LogP contribution is -2.14. The summed E-state index contributed by atoms with van der Waals surface area (Å²) in [6.07, 6.45) is 0. The average Bonchev–Trinajstić information content (AvgIpc) is 2.90. The Bertz CT molecular complexity index is 874. The van der Waals surface area contributed by atoms with Gasteiger partial charge in [0, 0.05) is 21.1 Å². The molecule has 2 aromatic carbocycles. The van der Waals surface area contributed by atoms with Gasteiger partial charge in [-0.15, -0.1) is 0 Å². The SMILES string of the molecule is CC(C)(C)c1cccc(NC(=O)c2cc3cc(Br)ccc3[nH]2)c1. The standard InChI is InChI=1S/C19H19BrN2O/c1-19(2,3)13-5-4-6-15(11-13)21-18(23)17-10-12-9-14(20)7-8-16(12)22-17/h4-11,22H,1-3H3,(H,21,23). The number of aromatic amines is 1. The van der Waals surface area contributed by atoms with Crippen molar-refractivity contribution in [3.8, 4) is 0 Å². The van der Waals surface area contributed by atoms with Gasteiger partial charge in [-0.3, -0.25) is 4.79 Å². The Hall–Kier alpha value is -2.07. The van der Waals surface area contributed by atoms with Crippen LogP contribution >= 0.6 is 15.9 Å². The summed E-state index contributed by atoms with van der Waals surface area (Å²) in [6.45, 7) is 6.47. The van der Waals surface area contributed by atoms with Crippen LogP contribution in [-0.2, 0) is 5.41 Å². The Kier molecular flexibility index (Phi) is 4.02. The van der Waals surface area contributed by atoms with Gasteiger partial charge in [0.1, 0.15) is 5.69 Å². The summed E-state index contributed by atoms with van der Waals surface area (Å²) >= 11 is 3.44. The molecule has 0 radical (unpaired) electrons. The second kappa shape index (κ2) is 5.85. The average molecular weight is 371 g/mol. The minimum atomic E-state index is -0.136. The summed E-state index contributed by atoms with van der Waals surface area (Å²) < 4.78 is 0.994. The molecule has 1 amide bonds. The van der Waals surface area contributed by atoms with E-state index in [1.54, 1.807) is 0 Å². The molecular weight excluding hydrogens is 352 g/mol. The molecule has 2 N–H and O–H groups in total. The van der Waals surface area contributed by atoms with E-state index in [0.29, 0.717) is 5.69 Å². The van der Waals surface area contributed by atoms with E-state index in [9.17, 15) is 4.79 Å². The van der Waals surface area contributed by atoms with E-state index in [2.05, 4.69) is 53.1 Å². The van der Waals surface area contributed by atoms with Gasteiger partial charge in [-0.05, 0) is 47.4 Å². The Morgan fingerprint density at radius 1 is 1.09 bits per heavy atom. The maximum atomic E-state index is 12.5. The molecular formula is C19H19BrN2O. The fourth-order valence-corrected chi connectivity index (χ4v) is 2.87. The van der Waals surface area contributed by atoms with Crippen molar-refractivity contribution in [2.45, 2.75) is 26.2 Å². The van der Waals surface area contributed by atoms with Crippen molar-refractivity contribution < 1.29 is 4.79 Å². The monoisotopic (exact) mass is 370 g/mol. The molecule has 3 rings (SSSR count). The summed E-state index contributed by atoms with van der Waals surface area (Å²) in [5.74, 6) is -0.136. The molecule has 0 aliphatic heterocycles. The van der Waals surface area contributed by atoms with Gasteiger partial charge in [-0.1, -0.05) is 48.8 Å². The van der Waals surface area contributed by atoms with Crippen molar-refractivity contribution in [1.29, 1.82) is 0 Å². The van der Waals surface area contributed by atoms with Crippen LogP contribution in [0.2, 0.25) is 0 Å². The number of rotatable bonds is 2. The van der Waals surface area contributed by atoms with Crippen molar-refractivity contribution in [2.24, 2.45) is 0 Å². The van der Waals surface area contributed by atoms with E-state index >= 15 is 0 Å². The molecule has 23 heavy (non-hydrogen) atoms. The highest BCUT2D eigenvalue weighted by atomic mass is 79.9. The highest BCUT2D eigenvalue weighted by molar-refractivity contribution is 9.10. The number of halogens is 1. The summed E-state index contributed by atoms with van der Waals surface area (Å²) in [5.41, 5.74) is 3.55. The maximum absolute atomic E-state index is 12.5. The smallest absolute Gasteiger partial charge is 0.272 e. The Morgan fingerprint density at radius 2 is 1.87 bits per heavy atom. The van der Waals surface area contributed by atoms with Crippen LogP contribution in [0.1, 0.15) is 36.8 Å². The van der Waals surface area contributed by atoms with E-state index in [4.69, 9.17) is 0 Å². The van der Waals surface area contributed by atoms with Crippen molar-refractivity contribution >= 4 is 38.4 Å². The third-order valence-electron chi connectivity index (χ3n) is 3.81. The third-order valence-corrected chi connectivity index (χ3v) is 4.31. The Balaban J connectivity index is 1.86. The van der Waals surface area contributed by atoms with Crippen LogP contribution in [0.5, 0.6) is 0 Å². The van der Waals surface area contributed by atoms with Gasteiger partial charge >= 0.3 is 0 Å². The van der Waals surface area contributed by atoms with Gasteiger partial charge in [0.05, 0.1) is 0 Å². The van der Waals surface area contributed by atoms with Gasteiger partial charge in [0.2, 0.25) is 0 Å². The number of carbonyl (C=O) groups is 1. The molecule has 3 nitrogen and oxygen atoms in total. The van der Waals surface area contributed by atoms with E-state index in [1.807, 2.05) is 42.5 Å². The first kappa shape index (κ1) is 15.8. The molecule has 0 unspecified atom stereocenters. The van der Waals surface area contributed by atoms with Gasteiger partial charge in [0.15, 0.2) is 0 Å². The number of nitrogens with one attached hydrogen (secondary N) is 2. The fraction of sp³-hybridized carbons (Fsp3) is 0.211. The molecule has 1 aromatic heterocycles. The zero-order chi connectivity index (χ0) is 16.6. The van der Waals surface area contributed by atoms with E-state index < -0.39 is 0 Å². The summed E-state index contributed by atoms with van der Waals surface area (Å²) in [4.78, 5) is 15.6. The maximum Gasteiger partial charge on any atom is 0.272 e. The van der Waals surface area contributed by atoms with Gasteiger partial charge < -0.3 is 10.3 Å². The van der Waals surface area contributed by atoms with Crippen LogP contribution in [0.25, 0.3) is 10.9 Å². The first-order chi connectivity index (χ1) is 10.8. The second-order valence-electron chi connectivity index (χ2n) is 6.70. The number of carbonyl (C=O) groups excluding carboxylic acids is 1. The molecule has 0 atom stereocenters. The zero-order valence-electron chi connectivity index (χ0n) is 13.4. The molecule has 1 heterocycles. The Morgan fingerprint density at radius 3 is 2.61 bits per heavy atom. The largest absolute Gasteiger partial charge is 0.351 e. The molecule has 0 saturated heterocycles. The molecule has 0 saturated carbocycles. The van der Waals surface area contributed by atoms with E-state index in [-0.39, 0.29) is 11.3 Å². The number of benzene rings is 2. The number of aromatic nitrogens is 1. The van der Waals surface area contributed by atoms with Crippen molar-refractivity contribution in [2.75, 3.05) is 5.32 Å². The number of amides is 1. The van der Waals surface area contributed by atoms with Crippen molar-refractivity contribution in [3.05, 3.63) is 64.3 Å². The molecule has 3 aromatic rings. The summed E-state index contributed by atoms with van der Waals surface area (Å²) in [7, 11) is 0. The number of H-pyrrole nitrogens is 1. The van der Waals surface area contributed by atoms with Gasteiger partial charge in [0.25, 0.3) is 5.91 Å². The number of fused-ring (bicyclic) bond motifs is 1. The molecule has 4 heteroatoms. The van der Waals surface area contributed by atoms with E-state index in [1.165, 1.54) is 5.56 Å². The van der Waals surface area contributed by atoms with Crippen LogP contribution in [0, 0.1) is 0 Å². The van der Waals surface area contributed by atoms with Crippen LogP contribution in [0.4, 0.5) is 5.69 Å². The minimum absolute atomic E-state index is 0.0497. The summed E-state index contributed by atoms with van der Waals surface area (Å²) in [6, 6.07) is 15.7. The normalized spacial score (nSPS) is 11.7. The van der Waals surface area contributed by atoms with Gasteiger partial charge in [-0.2, -0.15) is 0 Å². The lowest BCUT2D eigenvalue weighted by molar-refractivity contribution is 0.102. The lowest BCUT2D eigenvalue weighted by atomic mass is 9.87. The lowest BCUT2D eigenvalue weighted by Gasteiger charge is -2.19. The Labute approximate surface area is 144 Å². The molecule has 0 fully saturated rings. The predicted molar refractivity (Wildman–Crippen MR) is 99.1 cm³/mol. The molecule has 0 bridgehead atoms. The second-order valence-corrected chi connectivity index (χ2v) is 7.62. The predicted octanol–water partition coefficient (Wildman–Crippen LogP) is 5.48. The summed E-state index contributed by atoms with van der Waals surface area (Å²) in [5, 5.41) is 3.97. The topological polar surface area (TPSA) is 44.9 Å². The molecule has 0 spiro atoms. The molecule has 0 aliphatic rings. The molecule has 118 valence electrons. The molecule has 0 aliphatic carbocycles. The van der Waals surface area contributed by atoms with Crippen LogP contribution in [0.15, 0.2) is 53.0 Å². The van der Waals surface area contributed by atoms with Gasteiger partial charge in [-0.25, -0.2) is 0 Å². The number of hydrogen-bond acceptors (Lipinski definition) is 1. The quantitative estimate of drug-likeness (QED) is 0.616. The van der Waals surface area contributed by atoms with Crippen molar-refractivity contribution in [1.82, 2.24) is 4.98 Å². The van der Waals surface area contributed by atoms with Crippen LogP contribution < -0.4 is 5.32 Å². The first-order valence-electron chi connectivity index (χ1n) is 7.53. The zero-order valence-corrected chi connectivity index (χ0v) is 15.0. The van der Waals surface area contributed by atoms with Crippen LogP contribution in [-0.4, -0.2) is 10.9 Å². The van der Waals surface area contributed by atoms with E-state index in [0.717, 1.165) is 21.1 Å². The first-order valence-corrected chi connectivity index (χ1v) is 8.32. The third kappa shape index (κ3) is 3.48. The minimum Gasteiger partial charge on any atom is -0.351 e. The van der Waals surface area contributed by atoms with Crippen LogP contribution in [0.3, 0.4) is 0 Å². The van der Waals surface area contributed by atoms with Crippen molar-refractivity contribution in [3.63, 3.8) is 0 Å². The fourth-order valence-electron chi connectivity index (χ4n) is 2.49. The number of anilines is 1. The highest BCUT2D eigenvalue weighted by Gasteiger charge is 2.15.